The first-order chi connectivity index (χ1) is 14.0. The highest BCUT2D eigenvalue weighted by Crippen LogP contribution is 2.44. The zero-order valence-electron chi connectivity index (χ0n) is 15.9. The Labute approximate surface area is 178 Å². The van der Waals surface area contributed by atoms with Crippen LogP contribution in [0.25, 0.3) is 0 Å². The monoisotopic (exact) mass is 458 g/mol. The van der Waals surface area contributed by atoms with Crippen molar-refractivity contribution in [2.24, 2.45) is 10.7 Å². The van der Waals surface area contributed by atoms with E-state index in [9.17, 15) is 4.79 Å². The first-order valence-electron chi connectivity index (χ1n) is 9.27. The number of aliphatic imine (C=N–C) groups is 1. The molecule has 29 heavy (non-hydrogen) atoms. The van der Waals surface area contributed by atoms with Gasteiger partial charge in [-0.25, -0.2) is 4.99 Å². The molecule has 0 aliphatic carbocycles. The lowest BCUT2D eigenvalue weighted by Crippen LogP contribution is -2.45. The van der Waals surface area contributed by atoms with Gasteiger partial charge in [0.2, 0.25) is 11.8 Å². The first-order valence-corrected chi connectivity index (χ1v) is 10.1. The molecule has 152 valence electrons. The Morgan fingerprint density at radius 2 is 2.03 bits per heavy atom. The summed E-state index contributed by atoms with van der Waals surface area (Å²) in [7, 11) is 0. The van der Waals surface area contributed by atoms with Gasteiger partial charge in [-0.1, -0.05) is 40.2 Å². The van der Waals surface area contributed by atoms with Crippen LogP contribution in [0.3, 0.4) is 0 Å². The topological polar surface area (TPSA) is 94.1 Å². The normalized spacial score (nSPS) is 20.6. The lowest BCUT2D eigenvalue weighted by atomic mass is 9.85. The maximum atomic E-state index is 12.5. The fraction of sp³-hybridized carbons (Fsp3) is 0.273. The summed E-state index contributed by atoms with van der Waals surface area (Å²) in [6, 6.07) is 14.7. The minimum Gasteiger partial charge on any atom is -0.494 e. The standard InChI is InChI=1S/C22H23BrN2O4/c1-2-12-22(21(24)27)19(17-6-3-4-7-18(17)23)29-20(25-22)15-8-10-16(11-9-15)28-14-5-13-26/h2-4,6-11,19,26H,1,5,12-14H2,(H2,24,27)/t19-,22-/m1/s1. The quantitative estimate of drug-likeness (QED) is 0.443. The van der Waals surface area contributed by atoms with Crippen LogP contribution in [0.1, 0.15) is 30.1 Å². The van der Waals surface area contributed by atoms with E-state index in [1.54, 1.807) is 18.2 Å². The van der Waals surface area contributed by atoms with Crippen molar-refractivity contribution in [3.05, 3.63) is 76.8 Å². The van der Waals surface area contributed by atoms with Crippen molar-refractivity contribution in [3.8, 4) is 5.75 Å². The van der Waals surface area contributed by atoms with E-state index in [1.165, 1.54) is 0 Å². The molecule has 1 amide bonds. The van der Waals surface area contributed by atoms with Crippen molar-refractivity contribution in [2.75, 3.05) is 13.2 Å². The molecule has 0 saturated heterocycles. The van der Waals surface area contributed by atoms with E-state index in [0.717, 1.165) is 10.0 Å². The molecule has 1 aliphatic heterocycles. The highest BCUT2D eigenvalue weighted by molar-refractivity contribution is 9.10. The van der Waals surface area contributed by atoms with Crippen LogP contribution in [0.15, 0.2) is 70.7 Å². The third kappa shape index (κ3) is 4.36. The molecule has 2 aromatic rings. The van der Waals surface area contributed by atoms with Crippen molar-refractivity contribution < 1.29 is 19.4 Å². The number of ether oxygens (including phenoxy) is 2. The number of aliphatic hydroxyl groups is 1. The molecule has 0 spiro atoms. The van der Waals surface area contributed by atoms with E-state index in [4.69, 9.17) is 20.3 Å². The second-order valence-corrected chi connectivity index (χ2v) is 7.52. The maximum absolute atomic E-state index is 12.5. The van der Waals surface area contributed by atoms with Crippen LogP contribution in [0.4, 0.5) is 0 Å². The number of carbonyl (C=O) groups is 1. The molecule has 3 rings (SSSR count). The zero-order valence-corrected chi connectivity index (χ0v) is 17.5. The molecule has 0 bridgehead atoms. The number of nitrogens with zero attached hydrogens (tertiary/aromatic N) is 1. The molecular formula is C22H23BrN2O4. The average molecular weight is 459 g/mol. The third-order valence-electron chi connectivity index (χ3n) is 4.71. The Kier molecular flexibility index (Phi) is 6.71. The van der Waals surface area contributed by atoms with Crippen LogP contribution in [0.5, 0.6) is 5.75 Å². The van der Waals surface area contributed by atoms with Gasteiger partial charge in [-0.2, -0.15) is 0 Å². The van der Waals surface area contributed by atoms with Gasteiger partial charge in [0.1, 0.15) is 5.75 Å². The Bertz CT molecular complexity index is 913. The number of aliphatic hydroxyl groups excluding tert-OH is 1. The Balaban J connectivity index is 1.95. The molecule has 0 unspecified atom stereocenters. The number of primary amides is 1. The maximum Gasteiger partial charge on any atom is 0.250 e. The summed E-state index contributed by atoms with van der Waals surface area (Å²) in [6.45, 7) is 4.28. The van der Waals surface area contributed by atoms with Gasteiger partial charge in [0, 0.05) is 35.0 Å². The molecule has 1 aliphatic rings. The van der Waals surface area contributed by atoms with E-state index in [2.05, 4.69) is 27.5 Å². The summed E-state index contributed by atoms with van der Waals surface area (Å²) >= 11 is 3.53. The van der Waals surface area contributed by atoms with Crippen LogP contribution in [0.2, 0.25) is 0 Å². The SMILES string of the molecule is C=CC[C@@]1(C(N)=O)N=C(c2ccc(OCCCO)cc2)O[C@@H]1c1ccccc1Br. The molecule has 2 aromatic carbocycles. The fourth-order valence-electron chi connectivity index (χ4n) is 3.22. The Morgan fingerprint density at radius 1 is 1.31 bits per heavy atom. The number of halogens is 1. The molecule has 1 heterocycles. The van der Waals surface area contributed by atoms with E-state index >= 15 is 0 Å². The van der Waals surface area contributed by atoms with E-state index in [1.807, 2.05) is 36.4 Å². The van der Waals surface area contributed by atoms with E-state index < -0.39 is 17.6 Å². The van der Waals surface area contributed by atoms with Crippen molar-refractivity contribution in [1.82, 2.24) is 0 Å². The highest BCUT2D eigenvalue weighted by atomic mass is 79.9. The van der Waals surface area contributed by atoms with Gasteiger partial charge in [0.05, 0.1) is 6.61 Å². The summed E-state index contributed by atoms with van der Waals surface area (Å²) in [6.07, 6.45) is 1.76. The number of hydrogen-bond acceptors (Lipinski definition) is 5. The van der Waals surface area contributed by atoms with Gasteiger partial charge in [-0.05, 0) is 30.3 Å². The minimum absolute atomic E-state index is 0.0810. The second-order valence-electron chi connectivity index (χ2n) is 6.67. The Hall–Kier alpha value is -2.64. The van der Waals surface area contributed by atoms with Crippen LogP contribution in [-0.4, -0.2) is 35.7 Å². The van der Waals surface area contributed by atoms with Crippen molar-refractivity contribution in [2.45, 2.75) is 24.5 Å². The lowest BCUT2D eigenvalue weighted by Gasteiger charge is -2.28. The number of carbonyl (C=O) groups excluding carboxylic acids is 1. The fourth-order valence-corrected chi connectivity index (χ4v) is 3.71. The summed E-state index contributed by atoms with van der Waals surface area (Å²) in [5.74, 6) is 0.445. The third-order valence-corrected chi connectivity index (χ3v) is 5.43. The number of hydrogen-bond donors (Lipinski definition) is 2. The van der Waals surface area contributed by atoms with Gasteiger partial charge in [0.25, 0.3) is 0 Å². The van der Waals surface area contributed by atoms with Crippen LogP contribution in [-0.2, 0) is 9.53 Å². The number of benzene rings is 2. The molecule has 2 atom stereocenters. The molecule has 0 radical (unpaired) electrons. The summed E-state index contributed by atoms with van der Waals surface area (Å²) in [4.78, 5) is 17.2. The molecule has 3 N–H and O–H groups in total. The molecular weight excluding hydrogens is 436 g/mol. The smallest absolute Gasteiger partial charge is 0.250 e. The molecule has 0 aromatic heterocycles. The second kappa shape index (κ2) is 9.24. The minimum atomic E-state index is -1.28. The van der Waals surface area contributed by atoms with Gasteiger partial charge in [-0.15, -0.1) is 6.58 Å². The average Bonchev–Trinajstić information content (AvgIpc) is 3.10. The van der Waals surface area contributed by atoms with Crippen LogP contribution >= 0.6 is 15.9 Å². The molecule has 7 heteroatoms. The predicted molar refractivity (Wildman–Crippen MR) is 115 cm³/mol. The largest absolute Gasteiger partial charge is 0.494 e. The predicted octanol–water partition coefficient (Wildman–Crippen LogP) is 3.53. The van der Waals surface area contributed by atoms with Gasteiger partial charge >= 0.3 is 0 Å². The highest BCUT2D eigenvalue weighted by Gasteiger charge is 2.51. The number of nitrogens with two attached hydrogens (primary N) is 1. The van der Waals surface area contributed by atoms with E-state index in [0.29, 0.717) is 30.2 Å². The zero-order chi connectivity index (χ0) is 20.9. The lowest BCUT2D eigenvalue weighted by molar-refractivity contribution is -0.125. The molecule has 0 saturated carbocycles. The molecule has 6 nitrogen and oxygen atoms in total. The summed E-state index contributed by atoms with van der Waals surface area (Å²) in [5, 5.41) is 8.85. The van der Waals surface area contributed by atoms with Crippen molar-refractivity contribution >= 4 is 27.7 Å². The number of amides is 1. The molecule has 0 fully saturated rings. The van der Waals surface area contributed by atoms with Crippen LogP contribution < -0.4 is 10.5 Å². The van der Waals surface area contributed by atoms with Crippen molar-refractivity contribution in [1.29, 1.82) is 0 Å². The van der Waals surface area contributed by atoms with Gasteiger partial charge in [-0.3, -0.25) is 4.79 Å². The van der Waals surface area contributed by atoms with Crippen LogP contribution in [0, 0.1) is 0 Å². The summed E-state index contributed by atoms with van der Waals surface area (Å²) in [5.41, 5.74) is 6.02. The van der Waals surface area contributed by atoms with Gasteiger partial charge in [0.15, 0.2) is 11.6 Å². The summed E-state index contributed by atoms with van der Waals surface area (Å²) < 4.78 is 12.5. The Morgan fingerprint density at radius 3 is 2.66 bits per heavy atom. The number of rotatable bonds is 9. The first kappa shape index (κ1) is 21.1. The van der Waals surface area contributed by atoms with Gasteiger partial charge < -0.3 is 20.3 Å². The van der Waals surface area contributed by atoms with Crippen molar-refractivity contribution in [3.63, 3.8) is 0 Å². The van der Waals surface area contributed by atoms with E-state index in [-0.39, 0.29) is 13.0 Å².